The van der Waals surface area contributed by atoms with Crippen LogP contribution in [0, 0.1) is 17.5 Å². The highest BCUT2D eigenvalue weighted by Gasteiger charge is 2.21. The number of rotatable bonds is 1. The molecule has 0 bridgehead atoms. The predicted molar refractivity (Wildman–Crippen MR) is 45.7 cm³/mol. The first-order valence-electron chi connectivity index (χ1n) is 3.51. The number of hydrogen-bond acceptors (Lipinski definition) is 0. The second-order valence-corrected chi connectivity index (χ2v) is 3.16. The zero-order valence-corrected chi connectivity index (χ0v) is 8.11. The Morgan fingerprint density at radius 2 is 1.46 bits per heavy atom. The molecule has 0 atom stereocenters. The maximum atomic E-state index is 12.9. The van der Waals surface area contributed by atoms with Crippen molar-refractivity contribution in [3.05, 3.63) is 33.1 Å². The summed E-state index contributed by atoms with van der Waals surface area (Å²) in [5, 5.41) is -0.835. The lowest BCUT2D eigenvalue weighted by Crippen LogP contribution is -1.99. The summed E-state index contributed by atoms with van der Waals surface area (Å²) in [4.78, 5) is 0. The fourth-order valence-corrected chi connectivity index (χ4v) is 1.46. The van der Waals surface area contributed by atoms with Crippen LogP contribution in [-0.2, 0) is 6.42 Å². The molecular formula is C8H5Cl2F3. The molecule has 72 valence electrons. The number of benzene rings is 1. The van der Waals surface area contributed by atoms with E-state index in [-0.39, 0.29) is 17.0 Å². The zero-order valence-electron chi connectivity index (χ0n) is 6.60. The topological polar surface area (TPSA) is 0 Å². The van der Waals surface area contributed by atoms with Gasteiger partial charge in [-0.25, -0.2) is 13.2 Å². The van der Waals surface area contributed by atoms with Gasteiger partial charge >= 0.3 is 0 Å². The second-order valence-electron chi connectivity index (χ2n) is 2.40. The summed E-state index contributed by atoms with van der Waals surface area (Å²) < 4.78 is 38.4. The van der Waals surface area contributed by atoms with Crippen molar-refractivity contribution in [2.75, 3.05) is 0 Å². The third-order valence-corrected chi connectivity index (χ3v) is 2.52. The Bertz CT molecular complexity index is 321. The van der Waals surface area contributed by atoms with Crippen LogP contribution >= 0.6 is 23.2 Å². The highest BCUT2D eigenvalue weighted by Crippen LogP contribution is 2.33. The summed E-state index contributed by atoms with van der Waals surface area (Å²) in [7, 11) is 0. The third kappa shape index (κ3) is 1.63. The zero-order chi connectivity index (χ0) is 10.2. The van der Waals surface area contributed by atoms with Crippen molar-refractivity contribution in [2.24, 2.45) is 0 Å². The first-order chi connectivity index (χ1) is 6.00. The van der Waals surface area contributed by atoms with Crippen LogP contribution in [0.5, 0.6) is 0 Å². The normalized spacial score (nSPS) is 10.6. The van der Waals surface area contributed by atoms with E-state index < -0.39 is 22.5 Å². The van der Waals surface area contributed by atoms with Gasteiger partial charge in [-0.3, -0.25) is 0 Å². The predicted octanol–water partition coefficient (Wildman–Crippen LogP) is 3.97. The van der Waals surface area contributed by atoms with E-state index in [1.807, 2.05) is 0 Å². The Morgan fingerprint density at radius 1 is 0.923 bits per heavy atom. The lowest BCUT2D eigenvalue weighted by atomic mass is 10.1. The van der Waals surface area contributed by atoms with Gasteiger partial charge in [-0.2, -0.15) is 0 Å². The number of hydrogen-bond donors (Lipinski definition) is 0. The highest BCUT2D eigenvalue weighted by atomic mass is 35.5. The van der Waals surface area contributed by atoms with E-state index in [2.05, 4.69) is 0 Å². The van der Waals surface area contributed by atoms with Crippen LogP contribution in [0.3, 0.4) is 0 Å². The summed E-state index contributed by atoms with van der Waals surface area (Å²) in [5.74, 6) is -4.29. The molecule has 1 aromatic carbocycles. The lowest BCUT2D eigenvalue weighted by Gasteiger charge is -2.07. The molecule has 0 saturated carbocycles. The maximum absolute atomic E-state index is 12.9. The van der Waals surface area contributed by atoms with E-state index in [0.29, 0.717) is 0 Å². The third-order valence-electron chi connectivity index (χ3n) is 1.65. The van der Waals surface area contributed by atoms with Gasteiger partial charge in [0.05, 0.1) is 10.0 Å². The minimum atomic E-state index is -1.58. The quantitative estimate of drug-likeness (QED) is 0.504. The van der Waals surface area contributed by atoms with E-state index in [4.69, 9.17) is 23.2 Å². The average molecular weight is 229 g/mol. The van der Waals surface area contributed by atoms with Crippen molar-refractivity contribution >= 4 is 23.2 Å². The molecule has 0 radical (unpaired) electrons. The average Bonchev–Trinajstić information content (AvgIpc) is 2.13. The first kappa shape index (κ1) is 10.7. The van der Waals surface area contributed by atoms with Gasteiger partial charge < -0.3 is 0 Å². The first-order valence-corrected chi connectivity index (χ1v) is 4.26. The number of halogens is 5. The standard InChI is InChI=1S/C8H5Cl2F3/c1-2-3-4(9)5(10)7(12)8(13)6(3)11/h2H2,1H3. The van der Waals surface area contributed by atoms with Gasteiger partial charge in [-0.05, 0) is 6.42 Å². The summed E-state index contributed by atoms with van der Waals surface area (Å²) in [6.45, 7) is 1.57. The van der Waals surface area contributed by atoms with Crippen molar-refractivity contribution in [3.63, 3.8) is 0 Å². The minimum absolute atomic E-state index is 0.106. The smallest absolute Gasteiger partial charge is 0.196 e. The molecule has 0 spiro atoms. The van der Waals surface area contributed by atoms with Crippen molar-refractivity contribution in [1.82, 2.24) is 0 Å². The summed E-state index contributed by atoms with van der Waals surface area (Å²) in [5.41, 5.74) is -0.106. The molecule has 1 rings (SSSR count). The van der Waals surface area contributed by atoms with Crippen LogP contribution in [0.15, 0.2) is 0 Å². The summed E-state index contributed by atoms with van der Waals surface area (Å²) in [6, 6.07) is 0. The molecule has 0 unspecified atom stereocenters. The van der Waals surface area contributed by atoms with E-state index in [9.17, 15) is 13.2 Å². The van der Waals surface area contributed by atoms with Crippen molar-refractivity contribution in [1.29, 1.82) is 0 Å². The Morgan fingerprint density at radius 3 is 1.92 bits per heavy atom. The Balaban J connectivity index is 3.56. The van der Waals surface area contributed by atoms with Gasteiger partial charge in [0.1, 0.15) is 0 Å². The molecule has 0 heterocycles. The van der Waals surface area contributed by atoms with E-state index in [1.54, 1.807) is 6.92 Å². The SMILES string of the molecule is CCc1c(F)c(F)c(F)c(Cl)c1Cl. The minimum Gasteiger partial charge on any atom is -0.203 e. The van der Waals surface area contributed by atoms with Crippen molar-refractivity contribution in [3.8, 4) is 0 Å². The summed E-state index contributed by atoms with van der Waals surface area (Å²) >= 11 is 10.8. The van der Waals surface area contributed by atoms with Gasteiger partial charge in [0.15, 0.2) is 17.5 Å². The van der Waals surface area contributed by atoms with Crippen LogP contribution < -0.4 is 0 Å². The van der Waals surface area contributed by atoms with Gasteiger partial charge in [0.25, 0.3) is 0 Å². The van der Waals surface area contributed by atoms with Gasteiger partial charge in [0.2, 0.25) is 0 Å². The molecule has 0 aliphatic heterocycles. The molecule has 0 N–H and O–H groups in total. The molecule has 0 aliphatic carbocycles. The second kappa shape index (κ2) is 3.76. The van der Waals surface area contributed by atoms with Crippen molar-refractivity contribution in [2.45, 2.75) is 13.3 Å². The molecule has 5 heteroatoms. The van der Waals surface area contributed by atoms with E-state index in [1.165, 1.54) is 0 Å². The molecule has 0 saturated heterocycles. The van der Waals surface area contributed by atoms with Gasteiger partial charge in [-0.15, -0.1) is 0 Å². The molecular weight excluding hydrogens is 224 g/mol. The molecule has 0 aliphatic rings. The van der Waals surface area contributed by atoms with Crippen LogP contribution in [0.4, 0.5) is 13.2 Å². The molecule has 1 aromatic rings. The molecule has 0 nitrogen and oxygen atoms in total. The molecule has 0 fully saturated rings. The maximum Gasteiger partial charge on any atom is 0.196 e. The van der Waals surface area contributed by atoms with Gasteiger partial charge in [0, 0.05) is 5.56 Å². The Kier molecular flexibility index (Phi) is 3.09. The van der Waals surface area contributed by atoms with Crippen LogP contribution in [0.2, 0.25) is 10.0 Å². The van der Waals surface area contributed by atoms with Crippen molar-refractivity contribution < 1.29 is 13.2 Å². The highest BCUT2D eigenvalue weighted by molar-refractivity contribution is 6.42. The summed E-state index contributed by atoms with van der Waals surface area (Å²) in [6.07, 6.45) is 0.154. The monoisotopic (exact) mass is 228 g/mol. The Labute approximate surface area is 83.3 Å². The molecule has 13 heavy (non-hydrogen) atoms. The van der Waals surface area contributed by atoms with Gasteiger partial charge in [-0.1, -0.05) is 30.1 Å². The van der Waals surface area contributed by atoms with E-state index in [0.717, 1.165) is 0 Å². The van der Waals surface area contributed by atoms with Crippen LogP contribution in [0.25, 0.3) is 0 Å². The fourth-order valence-electron chi connectivity index (χ4n) is 0.961. The lowest BCUT2D eigenvalue weighted by molar-refractivity contribution is 0.442. The van der Waals surface area contributed by atoms with E-state index >= 15 is 0 Å². The Hall–Kier alpha value is -0.410. The fraction of sp³-hybridized carbons (Fsp3) is 0.250. The van der Waals surface area contributed by atoms with Crippen LogP contribution in [0.1, 0.15) is 12.5 Å². The molecule has 0 aromatic heterocycles. The van der Waals surface area contributed by atoms with Crippen LogP contribution in [-0.4, -0.2) is 0 Å². The largest absolute Gasteiger partial charge is 0.203 e. The molecule has 0 amide bonds.